The molecule has 0 unspecified atom stereocenters. The molecule has 0 atom stereocenters. The lowest BCUT2D eigenvalue weighted by Crippen LogP contribution is -2.05. The second kappa shape index (κ2) is 5.87. The van der Waals surface area contributed by atoms with Crippen molar-refractivity contribution in [1.82, 2.24) is 15.2 Å². The third-order valence-electron chi connectivity index (χ3n) is 3.46. The normalized spacial score (nSPS) is 11.0. The van der Waals surface area contributed by atoms with E-state index < -0.39 is 0 Å². The van der Waals surface area contributed by atoms with Crippen molar-refractivity contribution in [2.24, 2.45) is 0 Å². The van der Waals surface area contributed by atoms with Crippen LogP contribution in [0.25, 0.3) is 11.0 Å². The Labute approximate surface area is 124 Å². The zero-order valence-electron chi connectivity index (χ0n) is 12.2. The molecule has 3 aromatic rings. The molecule has 0 aliphatic carbocycles. The number of hydrogen-bond acceptors (Lipinski definition) is 4. The molecule has 106 valence electrons. The summed E-state index contributed by atoms with van der Waals surface area (Å²) in [5.74, 6) is 1.11. The number of aromatic nitrogens is 3. The van der Waals surface area contributed by atoms with Gasteiger partial charge in [-0.2, -0.15) is 0 Å². The molecule has 0 bridgehead atoms. The van der Waals surface area contributed by atoms with Gasteiger partial charge < -0.3 is 5.32 Å². The zero-order chi connectivity index (χ0) is 14.7. The largest absolute Gasteiger partial charge is 0.349 e. The van der Waals surface area contributed by atoms with Gasteiger partial charge in [0.1, 0.15) is 5.52 Å². The molecule has 0 saturated carbocycles. The van der Waals surface area contributed by atoms with E-state index in [2.05, 4.69) is 58.6 Å². The van der Waals surface area contributed by atoms with Crippen LogP contribution in [0.1, 0.15) is 30.9 Å². The third kappa shape index (κ3) is 3.16. The fourth-order valence-corrected chi connectivity index (χ4v) is 2.16. The molecule has 3 rings (SSSR count). The minimum atomic E-state index is 0.556. The molecule has 1 N–H and O–H groups in total. The van der Waals surface area contributed by atoms with E-state index in [0.29, 0.717) is 18.4 Å². The van der Waals surface area contributed by atoms with Crippen molar-refractivity contribution in [1.29, 1.82) is 0 Å². The Balaban J connectivity index is 1.71. The van der Waals surface area contributed by atoms with E-state index >= 15 is 0 Å². The summed E-state index contributed by atoms with van der Waals surface area (Å²) in [5.41, 5.74) is 4.22. The number of anilines is 1. The summed E-state index contributed by atoms with van der Waals surface area (Å²) in [4.78, 5) is 4.45. The number of hydrogen-bond donors (Lipinski definition) is 1. The molecule has 0 spiro atoms. The Morgan fingerprint density at radius 3 is 2.33 bits per heavy atom. The number of fused-ring (bicyclic) bond motifs is 1. The van der Waals surface area contributed by atoms with Gasteiger partial charge in [0.2, 0.25) is 5.95 Å². The summed E-state index contributed by atoms with van der Waals surface area (Å²) >= 11 is 0. The van der Waals surface area contributed by atoms with Gasteiger partial charge in [-0.25, -0.2) is 4.98 Å². The van der Waals surface area contributed by atoms with E-state index in [1.807, 2.05) is 24.3 Å². The smallest absolute Gasteiger partial charge is 0.243 e. The van der Waals surface area contributed by atoms with Crippen LogP contribution < -0.4 is 5.32 Å². The highest BCUT2D eigenvalue weighted by molar-refractivity contribution is 5.74. The second-order valence-corrected chi connectivity index (χ2v) is 5.37. The summed E-state index contributed by atoms with van der Waals surface area (Å²) in [5, 5.41) is 11.5. The Morgan fingerprint density at radius 1 is 0.905 bits per heavy atom. The van der Waals surface area contributed by atoms with E-state index in [9.17, 15) is 0 Å². The molecule has 0 amide bonds. The van der Waals surface area contributed by atoms with E-state index in [0.717, 1.165) is 11.0 Å². The summed E-state index contributed by atoms with van der Waals surface area (Å²) in [6, 6.07) is 16.3. The Kier molecular flexibility index (Phi) is 3.77. The molecule has 21 heavy (non-hydrogen) atoms. The number of para-hydroxylation sites is 1. The van der Waals surface area contributed by atoms with E-state index in [1.54, 1.807) is 0 Å². The van der Waals surface area contributed by atoms with Crippen LogP contribution in [-0.4, -0.2) is 15.2 Å². The van der Waals surface area contributed by atoms with Crippen LogP contribution in [0, 0.1) is 0 Å². The molecule has 2 aromatic carbocycles. The second-order valence-electron chi connectivity index (χ2n) is 5.37. The average molecular weight is 278 g/mol. The predicted molar refractivity (Wildman–Crippen MR) is 85.2 cm³/mol. The van der Waals surface area contributed by atoms with Crippen molar-refractivity contribution in [3.05, 3.63) is 59.7 Å². The van der Waals surface area contributed by atoms with Gasteiger partial charge in [0.15, 0.2) is 0 Å². The Morgan fingerprint density at radius 2 is 1.62 bits per heavy atom. The molecule has 4 heteroatoms. The molecule has 0 radical (unpaired) electrons. The first-order chi connectivity index (χ1) is 10.2. The highest BCUT2D eigenvalue weighted by Crippen LogP contribution is 2.15. The molecular weight excluding hydrogens is 260 g/mol. The molecule has 0 aliphatic rings. The lowest BCUT2D eigenvalue weighted by atomic mass is 10.0. The first-order valence-corrected chi connectivity index (χ1v) is 7.14. The number of benzene rings is 2. The maximum Gasteiger partial charge on any atom is 0.243 e. The van der Waals surface area contributed by atoms with E-state index in [1.165, 1.54) is 11.1 Å². The van der Waals surface area contributed by atoms with Crippen LogP contribution in [0.4, 0.5) is 5.95 Å². The summed E-state index contributed by atoms with van der Waals surface area (Å²) in [6.07, 6.45) is 0. The zero-order valence-corrected chi connectivity index (χ0v) is 12.2. The monoisotopic (exact) mass is 278 g/mol. The van der Waals surface area contributed by atoms with Crippen LogP contribution in [0.5, 0.6) is 0 Å². The lowest BCUT2D eigenvalue weighted by Gasteiger charge is -2.08. The first-order valence-electron chi connectivity index (χ1n) is 7.14. The van der Waals surface area contributed by atoms with Crippen molar-refractivity contribution >= 4 is 17.0 Å². The predicted octanol–water partition coefficient (Wildman–Crippen LogP) is 3.76. The van der Waals surface area contributed by atoms with Gasteiger partial charge in [-0.05, 0) is 29.2 Å². The fraction of sp³-hybridized carbons (Fsp3) is 0.235. The molecular formula is C17H18N4. The van der Waals surface area contributed by atoms with Crippen LogP contribution in [0.3, 0.4) is 0 Å². The van der Waals surface area contributed by atoms with Crippen LogP contribution >= 0.6 is 0 Å². The van der Waals surface area contributed by atoms with Gasteiger partial charge >= 0.3 is 0 Å². The van der Waals surface area contributed by atoms with Crippen LogP contribution in [0.15, 0.2) is 48.5 Å². The van der Waals surface area contributed by atoms with Gasteiger partial charge in [-0.15, -0.1) is 10.2 Å². The van der Waals surface area contributed by atoms with Gasteiger partial charge in [0.05, 0.1) is 5.52 Å². The van der Waals surface area contributed by atoms with E-state index in [4.69, 9.17) is 0 Å². The fourth-order valence-electron chi connectivity index (χ4n) is 2.16. The minimum Gasteiger partial charge on any atom is -0.349 e. The Bertz CT molecular complexity index is 735. The van der Waals surface area contributed by atoms with Crippen molar-refractivity contribution in [3.8, 4) is 0 Å². The quantitative estimate of drug-likeness (QED) is 0.789. The maximum atomic E-state index is 4.45. The van der Waals surface area contributed by atoms with Crippen molar-refractivity contribution in [2.75, 3.05) is 5.32 Å². The third-order valence-corrected chi connectivity index (χ3v) is 3.46. The molecule has 1 heterocycles. The Hall–Kier alpha value is -2.49. The molecule has 1 aromatic heterocycles. The van der Waals surface area contributed by atoms with E-state index in [-0.39, 0.29) is 0 Å². The van der Waals surface area contributed by atoms with Crippen molar-refractivity contribution in [2.45, 2.75) is 26.3 Å². The van der Waals surface area contributed by atoms with Gasteiger partial charge in [0.25, 0.3) is 0 Å². The average Bonchev–Trinajstić information content (AvgIpc) is 2.53. The SMILES string of the molecule is CC(C)c1ccc(CNc2nnc3ccccc3n2)cc1. The van der Waals surface area contributed by atoms with Gasteiger partial charge in [0, 0.05) is 6.54 Å². The standard InChI is InChI=1S/C17H18N4/c1-12(2)14-9-7-13(8-10-14)11-18-17-19-15-5-3-4-6-16(15)20-21-17/h3-10,12H,11H2,1-2H3,(H,18,19,21). The number of nitrogens with one attached hydrogen (secondary N) is 1. The highest BCUT2D eigenvalue weighted by atomic mass is 15.2. The topological polar surface area (TPSA) is 50.7 Å². The van der Waals surface area contributed by atoms with Crippen LogP contribution in [0.2, 0.25) is 0 Å². The maximum absolute atomic E-state index is 4.45. The van der Waals surface area contributed by atoms with Crippen LogP contribution in [-0.2, 0) is 6.54 Å². The molecule has 0 fully saturated rings. The summed E-state index contributed by atoms with van der Waals surface area (Å²) < 4.78 is 0. The van der Waals surface area contributed by atoms with Crippen molar-refractivity contribution < 1.29 is 0 Å². The first kappa shape index (κ1) is 13.5. The molecule has 0 aliphatic heterocycles. The molecule has 0 saturated heterocycles. The number of nitrogens with zero attached hydrogens (tertiary/aromatic N) is 3. The number of rotatable bonds is 4. The highest BCUT2D eigenvalue weighted by Gasteiger charge is 2.02. The minimum absolute atomic E-state index is 0.556. The van der Waals surface area contributed by atoms with Crippen molar-refractivity contribution in [3.63, 3.8) is 0 Å². The molecule has 4 nitrogen and oxygen atoms in total. The lowest BCUT2D eigenvalue weighted by molar-refractivity contribution is 0.865. The summed E-state index contributed by atoms with van der Waals surface area (Å²) in [7, 11) is 0. The van der Waals surface area contributed by atoms with Gasteiger partial charge in [-0.1, -0.05) is 50.2 Å². The summed E-state index contributed by atoms with van der Waals surface area (Å²) in [6.45, 7) is 5.09. The van der Waals surface area contributed by atoms with Gasteiger partial charge in [-0.3, -0.25) is 0 Å².